The van der Waals surface area contributed by atoms with Crippen LogP contribution in [0.4, 0.5) is 4.79 Å². The Morgan fingerprint density at radius 3 is 2.61 bits per heavy atom. The predicted octanol–water partition coefficient (Wildman–Crippen LogP) is 1.67. The molecule has 0 bridgehead atoms. The van der Waals surface area contributed by atoms with Crippen LogP contribution < -0.4 is 5.32 Å². The fraction of sp³-hybridized carbons (Fsp3) is 0.647. The van der Waals surface area contributed by atoms with Crippen molar-refractivity contribution in [1.29, 1.82) is 0 Å². The molecule has 1 N–H and O–H groups in total. The number of likely N-dealkylation sites (tertiary alicyclic amines) is 1. The van der Waals surface area contributed by atoms with Gasteiger partial charge in [-0.3, -0.25) is 4.79 Å². The smallest absolute Gasteiger partial charge is 0.317 e. The zero-order valence-corrected chi connectivity index (χ0v) is 13.8. The Kier molecular flexibility index (Phi) is 4.88. The molecule has 1 aromatic heterocycles. The third-order valence-electron chi connectivity index (χ3n) is 4.75. The molecule has 0 unspecified atom stereocenters. The van der Waals surface area contributed by atoms with Crippen LogP contribution in [0.1, 0.15) is 32.6 Å². The van der Waals surface area contributed by atoms with Crippen LogP contribution in [0.3, 0.4) is 0 Å². The number of urea groups is 1. The van der Waals surface area contributed by atoms with E-state index in [-0.39, 0.29) is 18.0 Å². The van der Waals surface area contributed by atoms with E-state index in [0.717, 1.165) is 38.8 Å². The molecule has 3 rings (SSSR count). The van der Waals surface area contributed by atoms with Gasteiger partial charge in [-0.1, -0.05) is 0 Å². The lowest BCUT2D eigenvalue weighted by molar-refractivity contribution is -0.130. The lowest BCUT2D eigenvalue weighted by Gasteiger charge is -2.30. The monoisotopic (exact) mass is 318 g/mol. The van der Waals surface area contributed by atoms with Crippen LogP contribution in [0.2, 0.25) is 0 Å². The molecular formula is C17H26N4O2. The minimum absolute atomic E-state index is 0.000967. The molecule has 6 nitrogen and oxygen atoms in total. The van der Waals surface area contributed by atoms with E-state index in [1.54, 1.807) is 6.92 Å². The summed E-state index contributed by atoms with van der Waals surface area (Å²) in [4.78, 5) is 28.1. The Morgan fingerprint density at radius 2 is 1.96 bits per heavy atom. The molecular weight excluding hydrogens is 292 g/mol. The molecule has 0 spiro atoms. The highest BCUT2D eigenvalue weighted by Gasteiger charge is 2.36. The Hall–Kier alpha value is -1.98. The van der Waals surface area contributed by atoms with Gasteiger partial charge in [0, 0.05) is 51.5 Å². The summed E-state index contributed by atoms with van der Waals surface area (Å²) in [6.07, 6.45) is 8.20. The maximum absolute atomic E-state index is 12.4. The first-order valence-corrected chi connectivity index (χ1v) is 8.57. The third kappa shape index (κ3) is 4.06. The minimum atomic E-state index is -0.000967. The van der Waals surface area contributed by atoms with Crippen molar-refractivity contribution in [2.24, 2.45) is 0 Å². The van der Waals surface area contributed by atoms with Gasteiger partial charge in [0.2, 0.25) is 5.91 Å². The second-order valence-corrected chi connectivity index (χ2v) is 6.54. The lowest BCUT2D eigenvalue weighted by atomic mass is 10.2. The molecule has 6 heteroatoms. The van der Waals surface area contributed by atoms with Gasteiger partial charge in [0.25, 0.3) is 0 Å². The van der Waals surface area contributed by atoms with E-state index < -0.39 is 0 Å². The first-order chi connectivity index (χ1) is 11.1. The van der Waals surface area contributed by atoms with Crippen molar-refractivity contribution in [2.75, 3.05) is 19.6 Å². The van der Waals surface area contributed by atoms with Crippen molar-refractivity contribution >= 4 is 11.9 Å². The van der Waals surface area contributed by atoms with Gasteiger partial charge in [0.05, 0.1) is 6.04 Å². The molecule has 0 aromatic carbocycles. The van der Waals surface area contributed by atoms with Gasteiger partial charge in [-0.2, -0.15) is 0 Å². The lowest BCUT2D eigenvalue weighted by Crippen LogP contribution is -2.49. The summed E-state index contributed by atoms with van der Waals surface area (Å²) in [7, 11) is 0. The predicted molar refractivity (Wildman–Crippen MR) is 88.0 cm³/mol. The Bertz CT molecular complexity index is 539. The maximum atomic E-state index is 12.4. The highest BCUT2D eigenvalue weighted by atomic mass is 16.2. The molecule has 2 aliphatic rings. The van der Waals surface area contributed by atoms with Gasteiger partial charge in [0.1, 0.15) is 0 Å². The van der Waals surface area contributed by atoms with Crippen molar-refractivity contribution < 1.29 is 9.59 Å². The van der Waals surface area contributed by atoms with Crippen LogP contribution >= 0.6 is 0 Å². The second-order valence-electron chi connectivity index (χ2n) is 6.54. The summed E-state index contributed by atoms with van der Waals surface area (Å²) in [6, 6.07) is 4.52. The summed E-state index contributed by atoms with van der Waals surface area (Å²) >= 11 is 0. The van der Waals surface area contributed by atoms with E-state index in [0.29, 0.717) is 19.1 Å². The highest BCUT2D eigenvalue weighted by Crippen LogP contribution is 2.29. The molecule has 2 heterocycles. The molecule has 1 aliphatic heterocycles. The van der Waals surface area contributed by atoms with Crippen molar-refractivity contribution in [3.63, 3.8) is 0 Å². The third-order valence-corrected chi connectivity index (χ3v) is 4.75. The summed E-state index contributed by atoms with van der Waals surface area (Å²) < 4.78 is 2.05. The van der Waals surface area contributed by atoms with Crippen LogP contribution in [0.5, 0.6) is 0 Å². The van der Waals surface area contributed by atoms with Crippen LogP contribution in [0, 0.1) is 0 Å². The van der Waals surface area contributed by atoms with E-state index in [1.807, 2.05) is 38.9 Å². The number of rotatable bonds is 6. The zero-order valence-electron chi connectivity index (χ0n) is 13.8. The number of aromatic nitrogens is 1. The average Bonchev–Trinajstić information content (AvgIpc) is 3.03. The summed E-state index contributed by atoms with van der Waals surface area (Å²) in [5.41, 5.74) is 0. The molecule has 1 aromatic rings. The normalized spacial score (nSPS) is 20.6. The number of nitrogens with zero attached hydrogens (tertiary/aromatic N) is 3. The maximum Gasteiger partial charge on any atom is 0.317 e. The highest BCUT2D eigenvalue weighted by molar-refractivity contribution is 5.76. The van der Waals surface area contributed by atoms with Crippen molar-refractivity contribution in [2.45, 2.75) is 51.2 Å². The number of carbonyl (C=O) groups excluding carboxylic acids is 2. The number of nitrogens with one attached hydrogen (secondary N) is 1. The molecule has 1 saturated heterocycles. The van der Waals surface area contributed by atoms with Gasteiger partial charge < -0.3 is 19.7 Å². The average molecular weight is 318 g/mol. The molecule has 0 radical (unpaired) electrons. The van der Waals surface area contributed by atoms with Gasteiger partial charge >= 0.3 is 6.03 Å². The Labute approximate surface area is 137 Å². The molecule has 1 saturated carbocycles. The minimum Gasteiger partial charge on any atom is -0.353 e. The number of amides is 3. The summed E-state index contributed by atoms with van der Waals surface area (Å²) in [5, 5.41) is 3.00. The summed E-state index contributed by atoms with van der Waals surface area (Å²) in [5.74, 6) is 0.132. The van der Waals surface area contributed by atoms with Crippen LogP contribution in [0.15, 0.2) is 24.5 Å². The van der Waals surface area contributed by atoms with Gasteiger partial charge in [-0.05, 0) is 37.8 Å². The number of hydrogen-bond donors (Lipinski definition) is 1. The Balaban J connectivity index is 1.49. The zero-order chi connectivity index (χ0) is 16.2. The summed E-state index contributed by atoms with van der Waals surface area (Å²) in [6.45, 7) is 4.50. The van der Waals surface area contributed by atoms with Crippen LogP contribution in [-0.4, -0.2) is 58.0 Å². The van der Waals surface area contributed by atoms with Gasteiger partial charge in [-0.25, -0.2) is 4.79 Å². The molecule has 1 aliphatic carbocycles. The van der Waals surface area contributed by atoms with Gasteiger partial charge in [0.15, 0.2) is 0 Å². The van der Waals surface area contributed by atoms with Crippen LogP contribution in [0.25, 0.3) is 0 Å². The molecule has 3 amide bonds. The van der Waals surface area contributed by atoms with Gasteiger partial charge in [-0.15, -0.1) is 0 Å². The topological polar surface area (TPSA) is 57.6 Å². The van der Waals surface area contributed by atoms with Crippen molar-refractivity contribution in [3.8, 4) is 0 Å². The fourth-order valence-electron chi connectivity index (χ4n) is 3.35. The number of hydrogen-bond acceptors (Lipinski definition) is 2. The Morgan fingerprint density at radius 1 is 1.22 bits per heavy atom. The van der Waals surface area contributed by atoms with E-state index in [1.165, 1.54) is 0 Å². The standard InChI is InChI=1S/C17H26N4O2/c1-14(22)21(15-6-7-15)13-16-5-4-11-20(16)17(23)18-8-12-19-9-2-3-10-19/h2-3,9-10,15-16H,4-8,11-13H2,1H3,(H,18,23)/t16-/m1/s1. The quantitative estimate of drug-likeness (QED) is 0.867. The largest absolute Gasteiger partial charge is 0.353 e. The SMILES string of the molecule is CC(=O)N(C[C@H]1CCCN1C(=O)NCCn1cccc1)C1CC1. The molecule has 1 atom stereocenters. The number of carbonyl (C=O) groups is 2. The molecule has 2 fully saturated rings. The molecule has 126 valence electrons. The van der Waals surface area contributed by atoms with E-state index in [9.17, 15) is 9.59 Å². The van der Waals surface area contributed by atoms with Crippen molar-refractivity contribution in [1.82, 2.24) is 19.7 Å². The first kappa shape index (κ1) is 15.9. The first-order valence-electron chi connectivity index (χ1n) is 8.57. The van der Waals surface area contributed by atoms with Crippen LogP contribution in [-0.2, 0) is 11.3 Å². The van der Waals surface area contributed by atoms with Crippen molar-refractivity contribution in [3.05, 3.63) is 24.5 Å². The fourth-order valence-corrected chi connectivity index (χ4v) is 3.35. The second kappa shape index (κ2) is 7.06. The van der Waals surface area contributed by atoms with E-state index >= 15 is 0 Å². The molecule has 23 heavy (non-hydrogen) atoms. The van der Waals surface area contributed by atoms with E-state index in [2.05, 4.69) is 5.32 Å². The van der Waals surface area contributed by atoms with E-state index in [4.69, 9.17) is 0 Å².